The first-order valence-corrected chi connectivity index (χ1v) is 9.05. The zero-order chi connectivity index (χ0) is 18.2. The second-order valence-electron chi connectivity index (χ2n) is 6.56. The Bertz CT molecular complexity index is 849. The van der Waals surface area contributed by atoms with Crippen LogP contribution in [0.1, 0.15) is 30.4 Å². The summed E-state index contributed by atoms with van der Waals surface area (Å²) in [7, 11) is 0. The third-order valence-corrected chi connectivity index (χ3v) is 4.61. The number of fused-ring (bicyclic) bond motifs is 1. The highest BCUT2D eigenvalue weighted by molar-refractivity contribution is 5.82. The summed E-state index contributed by atoms with van der Waals surface area (Å²) in [6, 6.07) is 17.9. The van der Waals surface area contributed by atoms with Crippen LogP contribution >= 0.6 is 0 Å². The van der Waals surface area contributed by atoms with Crippen LogP contribution in [0.15, 0.2) is 67.0 Å². The number of aliphatic carboxylic acids is 1. The van der Waals surface area contributed by atoms with Gasteiger partial charge in [0.25, 0.3) is 0 Å². The Hall–Kier alpha value is -2.72. The zero-order valence-corrected chi connectivity index (χ0v) is 14.8. The number of aromatic nitrogens is 1. The second-order valence-corrected chi connectivity index (χ2v) is 6.56. The Labute approximate surface area is 153 Å². The zero-order valence-electron chi connectivity index (χ0n) is 14.8. The SMILES string of the molecule is O=C(O)[C@H](CCCCc1ccccc1)NCc1ccc2cnccc2c1. The minimum atomic E-state index is -0.783. The van der Waals surface area contributed by atoms with Crippen molar-refractivity contribution in [3.05, 3.63) is 78.1 Å². The molecule has 1 heterocycles. The van der Waals surface area contributed by atoms with Crippen molar-refractivity contribution in [1.82, 2.24) is 10.3 Å². The van der Waals surface area contributed by atoms with Crippen molar-refractivity contribution in [2.45, 2.75) is 38.3 Å². The van der Waals surface area contributed by atoms with E-state index >= 15 is 0 Å². The molecular weight excluding hydrogens is 324 g/mol. The maximum absolute atomic E-state index is 11.5. The molecule has 0 aliphatic carbocycles. The van der Waals surface area contributed by atoms with Gasteiger partial charge in [-0.1, -0.05) is 48.9 Å². The van der Waals surface area contributed by atoms with Gasteiger partial charge in [-0.3, -0.25) is 9.78 Å². The van der Waals surface area contributed by atoms with E-state index in [2.05, 4.69) is 28.5 Å². The highest BCUT2D eigenvalue weighted by atomic mass is 16.4. The number of carboxylic acid groups (broad SMARTS) is 1. The van der Waals surface area contributed by atoms with E-state index in [0.717, 1.165) is 35.6 Å². The second kappa shape index (κ2) is 9.11. The van der Waals surface area contributed by atoms with Gasteiger partial charge in [0, 0.05) is 24.3 Å². The van der Waals surface area contributed by atoms with E-state index in [0.29, 0.717) is 13.0 Å². The van der Waals surface area contributed by atoms with Crippen LogP contribution in [0, 0.1) is 0 Å². The number of hydrogen-bond acceptors (Lipinski definition) is 3. The first-order valence-electron chi connectivity index (χ1n) is 9.05. The van der Waals surface area contributed by atoms with Gasteiger partial charge in [0.15, 0.2) is 0 Å². The van der Waals surface area contributed by atoms with Gasteiger partial charge >= 0.3 is 5.97 Å². The summed E-state index contributed by atoms with van der Waals surface area (Å²) in [5.74, 6) is -0.783. The van der Waals surface area contributed by atoms with Crippen LogP contribution in [0.2, 0.25) is 0 Å². The van der Waals surface area contributed by atoms with Crippen LogP contribution in [0.3, 0.4) is 0 Å². The number of pyridine rings is 1. The standard InChI is InChI=1S/C22H24N2O2/c25-22(26)21(9-5-4-8-17-6-2-1-3-7-17)24-15-18-10-11-20-16-23-13-12-19(20)14-18/h1-3,6-7,10-14,16,21,24H,4-5,8-9,15H2,(H,25,26)/t21-/m0/s1. The third kappa shape index (κ3) is 5.14. The number of aryl methyl sites for hydroxylation is 1. The van der Waals surface area contributed by atoms with Crippen molar-refractivity contribution in [3.63, 3.8) is 0 Å². The molecule has 4 heteroatoms. The Kier molecular flexibility index (Phi) is 6.34. The molecule has 0 unspecified atom stereocenters. The lowest BCUT2D eigenvalue weighted by molar-refractivity contribution is -0.139. The average Bonchev–Trinajstić information content (AvgIpc) is 2.67. The van der Waals surface area contributed by atoms with Crippen LogP contribution in [-0.2, 0) is 17.8 Å². The van der Waals surface area contributed by atoms with Gasteiger partial charge in [0.2, 0.25) is 0 Å². The smallest absolute Gasteiger partial charge is 0.320 e. The summed E-state index contributed by atoms with van der Waals surface area (Å²) in [6.07, 6.45) is 7.12. The largest absolute Gasteiger partial charge is 0.480 e. The molecule has 0 saturated heterocycles. The number of rotatable bonds is 9. The van der Waals surface area contributed by atoms with Crippen LogP contribution < -0.4 is 5.32 Å². The number of nitrogens with zero attached hydrogens (tertiary/aromatic N) is 1. The molecule has 3 aromatic rings. The molecular formula is C22H24N2O2. The van der Waals surface area contributed by atoms with E-state index < -0.39 is 12.0 Å². The molecule has 4 nitrogen and oxygen atoms in total. The van der Waals surface area contributed by atoms with Crippen LogP contribution in [0.5, 0.6) is 0 Å². The molecule has 0 spiro atoms. The number of carboxylic acids is 1. The van der Waals surface area contributed by atoms with Crippen molar-refractivity contribution in [1.29, 1.82) is 0 Å². The summed E-state index contributed by atoms with van der Waals surface area (Å²) in [4.78, 5) is 15.6. The van der Waals surface area contributed by atoms with Crippen LogP contribution in [0.4, 0.5) is 0 Å². The Balaban J connectivity index is 1.49. The predicted octanol–water partition coefficient (Wildman–Crippen LogP) is 4.19. The first kappa shape index (κ1) is 18.1. The third-order valence-electron chi connectivity index (χ3n) is 4.61. The maximum atomic E-state index is 11.5. The monoisotopic (exact) mass is 348 g/mol. The normalized spacial score (nSPS) is 12.2. The maximum Gasteiger partial charge on any atom is 0.320 e. The molecule has 2 aromatic carbocycles. The van der Waals surface area contributed by atoms with Gasteiger partial charge in [-0.15, -0.1) is 0 Å². The Morgan fingerprint density at radius 2 is 1.85 bits per heavy atom. The van der Waals surface area contributed by atoms with E-state index in [1.807, 2.05) is 42.6 Å². The van der Waals surface area contributed by atoms with Crippen molar-refractivity contribution >= 4 is 16.7 Å². The fourth-order valence-corrected chi connectivity index (χ4v) is 3.12. The van der Waals surface area contributed by atoms with Gasteiger partial charge in [-0.2, -0.15) is 0 Å². The Morgan fingerprint density at radius 3 is 2.65 bits per heavy atom. The molecule has 0 amide bonds. The quantitative estimate of drug-likeness (QED) is 0.569. The summed E-state index contributed by atoms with van der Waals surface area (Å²) in [6.45, 7) is 0.550. The van der Waals surface area contributed by atoms with Crippen molar-refractivity contribution in [2.75, 3.05) is 0 Å². The molecule has 1 atom stereocenters. The lowest BCUT2D eigenvalue weighted by Crippen LogP contribution is -2.36. The topological polar surface area (TPSA) is 62.2 Å². The van der Waals surface area contributed by atoms with Crippen molar-refractivity contribution < 1.29 is 9.90 Å². The number of carbonyl (C=O) groups is 1. The molecule has 0 radical (unpaired) electrons. The molecule has 0 aliphatic rings. The van der Waals surface area contributed by atoms with Gasteiger partial charge in [0.1, 0.15) is 6.04 Å². The summed E-state index contributed by atoms with van der Waals surface area (Å²) >= 11 is 0. The summed E-state index contributed by atoms with van der Waals surface area (Å²) in [5.41, 5.74) is 2.39. The van der Waals surface area contributed by atoms with E-state index in [-0.39, 0.29) is 0 Å². The fraction of sp³-hybridized carbons (Fsp3) is 0.273. The Morgan fingerprint density at radius 1 is 1.00 bits per heavy atom. The van der Waals surface area contributed by atoms with Crippen LogP contribution in [-0.4, -0.2) is 22.1 Å². The highest BCUT2D eigenvalue weighted by Crippen LogP contribution is 2.15. The van der Waals surface area contributed by atoms with Gasteiger partial charge in [-0.05, 0) is 47.9 Å². The fourth-order valence-electron chi connectivity index (χ4n) is 3.12. The van der Waals surface area contributed by atoms with Gasteiger partial charge < -0.3 is 10.4 Å². The van der Waals surface area contributed by atoms with E-state index in [1.54, 1.807) is 6.20 Å². The summed E-state index contributed by atoms with van der Waals surface area (Å²) in [5, 5.41) is 14.9. The number of unbranched alkanes of at least 4 members (excludes halogenated alkanes) is 1. The highest BCUT2D eigenvalue weighted by Gasteiger charge is 2.16. The molecule has 2 N–H and O–H groups in total. The van der Waals surface area contributed by atoms with Gasteiger partial charge in [-0.25, -0.2) is 0 Å². The van der Waals surface area contributed by atoms with Crippen LogP contribution in [0.25, 0.3) is 10.8 Å². The molecule has 1 aromatic heterocycles. The lowest BCUT2D eigenvalue weighted by Gasteiger charge is -2.15. The molecule has 0 fully saturated rings. The van der Waals surface area contributed by atoms with Gasteiger partial charge in [0.05, 0.1) is 0 Å². The number of nitrogens with one attached hydrogen (secondary N) is 1. The average molecular weight is 348 g/mol. The minimum Gasteiger partial charge on any atom is -0.480 e. The molecule has 0 aliphatic heterocycles. The van der Waals surface area contributed by atoms with E-state index in [4.69, 9.17) is 0 Å². The minimum absolute atomic E-state index is 0.515. The predicted molar refractivity (Wildman–Crippen MR) is 104 cm³/mol. The first-order chi connectivity index (χ1) is 12.7. The number of hydrogen-bond donors (Lipinski definition) is 2. The van der Waals surface area contributed by atoms with Crippen molar-refractivity contribution in [3.8, 4) is 0 Å². The lowest BCUT2D eigenvalue weighted by atomic mass is 10.0. The number of benzene rings is 2. The molecule has 134 valence electrons. The van der Waals surface area contributed by atoms with E-state index in [1.165, 1.54) is 5.56 Å². The molecule has 26 heavy (non-hydrogen) atoms. The van der Waals surface area contributed by atoms with E-state index in [9.17, 15) is 9.90 Å². The summed E-state index contributed by atoms with van der Waals surface area (Å²) < 4.78 is 0. The molecule has 3 rings (SSSR count). The molecule has 0 saturated carbocycles. The molecule has 0 bridgehead atoms. The van der Waals surface area contributed by atoms with Crippen molar-refractivity contribution in [2.24, 2.45) is 0 Å².